The summed E-state index contributed by atoms with van der Waals surface area (Å²) in [6.45, 7) is 3.50. The first-order valence-electron chi connectivity index (χ1n) is 14.5. The molecule has 1 fully saturated rings. The van der Waals surface area contributed by atoms with Crippen molar-refractivity contribution in [3.8, 4) is 5.75 Å². The van der Waals surface area contributed by atoms with Crippen molar-refractivity contribution >= 4 is 39.1 Å². The number of hydrogen-bond acceptors (Lipinski definition) is 5. The summed E-state index contributed by atoms with van der Waals surface area (Å²) in [6.07, 6.45) is 4.11. The number of ether oxygens (including phenoxy) is 1. The predicted octanol–water partition coefficient (Wildman–Crippen LogP) is 5.94. The van der Waals surface area contributed by atoms with Crippen molar-refractivity contribution in [1.29, 1.82) is 0 Å². The Labute approximate surface area is 257 Å². The number of halogens is 2. The Morgan fingerprint density at radius 3 is 2.19 bits per heavy atom. The predicted molar refractivity (Wildman–Crippen MR) is 165 cm³/mol. The van der Waals surface area contributed by atoms with Crippen LogP contribution in [0.2, 0.25) is 5.02 Å². The van der Waals surface area contributed by atoms with Gasteiger partial charge in [-0.15, -0.1) is 0 Å². The molecule has 0 heterocycles. The molecule has 4 rings (SSSR count). The Bertz CT molecular complexity index is 1480. The first-order valence-corrected chi connectivity index (χ1v) is 16.3. The molecule has 3 aromatic carbocycles. The van der Waals surface area contributed by atoms with Crippen molar-refractivity contribution in [3.05, 3.63) is 89.2 Å². The Kier molecular flexibility index (Phi) is 11.0. The minimum Gasteiger partial charge on any atom is -0.494 e. The van der Waals surface area contributed by atoms with Crippen LogP contribution in [0.5, 0.6) is 5.75 Å². The number of nitrogens with zero attached hydrogens (tertiary/aromatic N) is 2. The minimum absolute atomic E-state index is 0.00613. The largest absolute Gasteiger partial charge is 0.494 e. The van der Waals surface area contributed by atoms with Gasteiger partial charge < -0.3 is 15.0 Å². The molecular formula is C32H37ClFN3O5S. The molecule has 43 heavy (non-hydrogen) atoms. The van der Waals surface area contributed by atoms with E-state index in [2.05, 4.69) is 5.32 Å². The zero-order chi connectivity index (χ0) is 31.0. The second-order valence-corrected chi connectivity index (χ2v) is 12.8. The molecule has 11 heteroatoms. The third kappa shape index (κ3) is 8.26. The summed E-state index contributed by atoms with van der Waals surface area (Å²) in [5.74, 6) is -0.750. The number of carbonyl (C=O) groups excluding carboxylic acids is 2. The number of carbonyl (C=O) groups is 2. The van der Waals surface area contributed by atoms with Crippen LogP contribution in [0, 0.1) is 5.82 Å². The van der Waals surface area contributed by atoms with Gasteiger partial charge in [-0.05, 0) is 92.4 Å². The zero-order valence-corrected chi connectivity index (χ0v) is 25.9. The molecule has 0 saturated heterocycles. The summed E-state index contributed by atoms with van der Waals surface area (Å²) in [5, 5.41) is 3.44. The van der Waals surface area contributed by atoms with Crippen molar-refractivity contribution in [2.75, 3.05) is 17.5 Å². The Morgan fingerprint density at radius 2 is 1.60 bits per heavy atom. The molecule has 2 amide bonds. The van der Waals surface area contributed by atoms with Crippen LogP contribution in [-0.4, -0.2) is 50.4 Å². The summed E-state index contributed by atoms with van der Waals surface area (Å²) < 4.78 is 48.2. The minimum atomic E-state index is -4.24. The van der Waals surface area contributed by atoms with Gasteiger partial charge >= 0.3 is 0 Å². The molecule has 1 aliphatic rings. The van der Waals surface area contributed by atoms with Crippen LogP contribution in [0.15, 0.2) is 77.7 Å². The average molecular weight is 630 g/mol. The zero-order valence-electron chi connectivity index (χ0n) is 24.3. The third-order valence-corrected chi connectivity index (χ3v) is 9.51. The van der Waals surface area contributed by atoms with Crippen LogP contribution in [0.4, 0.5) is 10.1 Å². The van der Waals surface area contributed by atoms with Crippen molar-refractivity contribution in [1.82, 2.24) is 10.2 Å². The quantitative estimate of drug-likeness (QED) is 0.253. The van der Waals surface area contributed by atoms with Crippen LogP contribution >= 0.6 is 11.6 Å². The maximum atomic E-state index is 14.2. The molecule has 0 spiro atoms. The Hall–Kier alpha value is -3.63. The topological polar surface area (TPSA) is 96.0 Å². The van der Waals surface area contributed by atoms with Gasteiger partial charge in [0.1, 0.15) is 24.2 Å². The van der Waals surface area contributed by atoms with E-state index < -0.39 is 34.3 Å². The highest BCUT2D eigenvalue weighted by atomic mass is 35.5. The highest BCUT2D eigenvalue weighted by molar-refractivity contribution is 7.92. The lowest BCUT2D eigenvalue weighted by molar-refractivity contribution is -0.140. The van der Waals surface area contributed by atoms with E-state index >= 15 is 0 Å². The second kappa shape index (κ2) is 14.7. The van der Waals surface area contributed by atoms with E-state index in [0.29, 0.717) is 29.4 Å². The highest BCUT2D eigenvalue weighted by Crippen LogP contribution is 2.28. The number of nitrogens with one attached hydrogen (secondary N) is 1. The smallest absolute Gasteiger partial charge is 0.264 e. The molecule has 1 atom stereocenters. The molecule has 0 unspecified atom stereocenters. The van der Waals surface area contributed by atoms with Gasteiger partial charge in [0, 0.05) is 17.6 Å². The van der Waals surface area contributed by atoms with Crippen LogP contribution in [0.25, 0.3) is 0 Å². The fourth-order valence-electron chi connectivity index (χ4n) is 5.21. The van der Waals surface area contributed by atoms with Crippen molar-refractivity contribution in [2.24, 2.45) is 0 Å². The molecule has 0 aromatic heterocycles. The van der Waals surface area contributed by atoms with Gasteiger partial charge in [-0.3, -0.25) is 13.9 Å². The van der Waals surface area contributed by atoms with E-state index in [0.717, 1.165) is 30.0 Å². The van der Waals surface area contributed by atoms with Gasteiger partial charge in [-0.1, -0.05) is 43.5 Å². The standard InChI is InChI=1S/C32H37ClFN3O5S/c1-3-30(32(39)35-26-7-5-6-8-26)36(21-23-9-13-25(34)14-10-23)31(38)22-37(27-15-17-28(18-16-27)42-4-2)43(40,41)29-19-11-24(33)12-20-29/h9-20,26,30H,3-8,21-22H2,1-2H3,(H,35,39)/t30-/m1/s1. The maximum Gasteiger partial charge on any atom is 0.264 e. The summed E-state index contributed by atoms with van der Waals surface area (Å²) in [6, 6.07) is 16.9. The fourth-order valence-corrected chi connectivity index (χ4v) is 6.75. The molecule has 0 radical (unpaired) electrons. The molecule has 1 saturated carbocycles. The van der Waals surface area contributed by atoms with Crippen LogP contribution in [0.1, 0.15) is 51.5 Å². The normalized spacial score (nSPS) is 14.2. The van der Waals surface area contributed by atoms with Crippen LogP contribution in [0.3, 0.4) is 0 Å². The van der Waals surface area contributed by atoms with E-state index in [1.165, 1.54) is 41.3 Å². The maximum absolute atomic E-state index is 14.2. The molecule has 8 nitrogen and oxygen atoms in total. The van der Waals surface area contributed by atoms with E-state index in [9.17, 15) is 22.4 Å². The van der Waals surface area contributed by atoms with Crippen molar-refractivity contribution in [3.63, 3.8) is 0 Å². The second-order valence-electron chi connectivity index (χ2n) is 10.5. The molecular weight excluding hydrogens is 593 g/mol. The number of anilines is 1. The van der Waals surface area contributed by atoms with Gasteiger partial charge in [0.15, 0.2) is 0 Å². The number of benzene rings is 3. The lowest BCUT2D eigenvalue weighted by Crippen LogP contribution is -2.53. The Morgan fingerprint density at radius 1 is 0.977 bits per heavy atom. The van der Waals surface area contributed by atoms with Crippen molar-refractivity contribution < 1.29 is 27.1 Å². The fraction of sp³-hybridized carbons (Fsp3) is 0.375. The first-order chi connectivity index (χ1) is 20.6. The third-order valence-electron chi connectivity index (χ3n) is 7.47. The molecule has 1 N–H and O–H groups in total. The molecule has 1 aliphatic carbocycles. The number of hydrogen-bond donors (Lipinski definition) is 1. The lowest BCUT2D eigenvalue weighted by Gasteiger charge is -2.33. The highest BCUT2D eigenvalue weighted by Gasteiger charge is 2.34. The van der Waals surface area contributed by atoms with Gasteiger partial charge in [0.2, 0.25) is 11.8 Å². The number of rotatable bonds is 13. The van der Waals surface area contributed by atoms with Gasteiger partial charge in [-0.2, -0.15) is 0 Å². The SMILES string of the molecule is CCOc1ccc(N(CC(=O)N(Cc2ccc(F)cc2)[C@H](CC)C(=O)NC2CCCC2)S(=O)(=O)c2ccc(Cl)cc2)cc1. The van der Waals surface area contributed by atoms with Gasteiger partial charge in [-0.25, -0.2) is 12.8 Å². The summed E-state index contributed by atoms with van der Waals surface area (Å²) >= 11 is 6.01. The summed E-state index contributed by atoms with van der Waals surface area (Å²) in [4.78, 5) is 29.0. The van der Waals surface area contributed by atoms with Crippen molar-refractivity contribution in [2.45, 2.75) is 69.5 Å². The average Bonchev–Trinajstić information content (AvgIpc) is 3.50. The monoisotopic (exact) mass is 629 g/mol. The van der Waals surface area contributed by atoms with Gasteiger partial charge in [0.05, 0.1) is 17.2 Å². The van der Waals surface area contributed by atoms with E-state index in [4.69, 9.17) is 16.3 Å². The first kappa shape index (κ1) is 32.3. The Balaban J connectivity index is 1.71. The summed E-state index contributed by atoms with van der Waals surface area (Å²) in [5.41, 5.74) is 0.854. The number of amides is 2. The van der Waals surface area contributed by atoms with Crippen LogP contribution in [-0.2, 0) is 26.2 Å². The molecule has 230 valence electrons. The molecule has 3 aromatic rings. The lowest BCUT2D eigenvalue weighted by atomic mass is 10.1. The van der Waals surface area contributed by atoms with E-state index in [1.54, 1.807) is 43.3 Å². The van der Waals surface area contributed by atoms with Crippen LogP contribution < -0.4 is 14.4 Å². The number of sulfonamides is 1. The van der Waals surface area contributed by atoms with Gasteiger partial charge in [0.25, 0.3) is 10.0 Å². The summed E-state index contributed by atoms with van der Waals surface area (Å²) in [7, 11) is -4.24. The van der Waals surface area contributed by atoms with E-state index in [-0.39, 0.29) is 29.1 Å². The molecule has 0 bridgehead atoms. The van der Waals surface area contributed by atoms with E-state index in [1.807, 2.05) is 6.92 Å². The molecule has 0 aliphatic heterocycles.